The van der Waals surface area contributed by atoms with E-state index in [1.54, 1.807) is 0 Å². The Balaban J connectivity index is 2.04. The first-order chi connectivity index (χ1) is 15.5. The highest BCUT2D eigenvalue weighted by molar-refractivity contribution is 9.10. The monoisotopic (exact) mass is 566 g/mol. The van der Waals surface area contributed by atoms with E-state index in [0.717, 1.165) is 22.7 Å². The molecule has 1 aromatic rings. The summed E-state index contributed by atoms with van der Waals surface area (Å²) in [6, 6.07) is 4.89. The Bertz CT molecular complexity index is 936. The van der Waals surface area contributed by atoms with Gasteiger partial charge in [-0.3, -0.25) is 0 Å². The summed E-state index contributed by atoms with van der Waals surface area (Å²) < 4.78 is 34.8. The largest absolute Gasteiger partial charge is 0.465 e. The second-order valence-electron chi connectivity index (χ2n) is 9.62. The van der Waals surface area contributed by atoms with Crippen LogP contribution in [0.25, 0.3) is 0 Å². The number of thioether (sulfide) groups is 1. The fourth-order valence-corrected chi connectivity index (χ4v) is 7.15. The molecule has 1 aliphatic carbocycles. The van der Waals surface area contributed by atoms with Crippen molar-refractivity contribution in [2.24, 2.45) is 16.8 Å². The summed E-state index contributed by atoms with van der Waals surface area (Å²) >= 11 is 4.25. The molecule has 4 atom stereocenters. The molecule has 3 N–H and O–H groups in total. The molecule has 0 aromatic heterocycles. The fraction of sp³-hybridized carbons (Fsp3) is 0.619. The van der Waals surface area contributed by atoms with Gasteiger partial charge in [-0.1, -0.05) is 47.3 Å². The lowest BCUT2D eigenvalue weighted by atomic mass is 9.84. The lowest BCUT2D eigenvalue weighted by Crippen LogP contribution is -2.46. The van der Waals surface area contributed by atoms with E-state index < -0.39 is 55.4 Å². The van der Waals surface area contributed by atoms with E-state index in [2.05, 4.69) is 40.6 Å². The second kappa shape index (κ2) is 9.90. The van der Waals surface area contributed by atoms with E-state index in [4.69, 9.17) is 4.74 Å². The van der Waals surface area contributed by atoms with Crippen LogP contribution in [0.1, 0.15) is 5.56 Å². The van der Waals surface area contributed by atoms with Crippen molar-refractivity contribution in [1.82, 2.24) is 4.90 Å². The van der Waals surface area contributed by atoms with Crippen LogP contribution in [-0.2, 0) is 10.3 Å². The van der Waals surface area contributed by atoms with Gasteiger partial charge in [-0.15, -0.1) is 0 Å². The van der Waals surface area contributed by atoms with Gasteiger partial charge in [-0.05, 0) is 24.2 Å². The summed E-state index contributed by atoms with van der Waals surface area (Å²) in [5.74, 6) is -2.01. The van der Waals surface area contributed by atoms with Crippen molar-refractivity contribution < 1.29 is 33.6 Å². The third kappa shape index (κ3) is 5.01. The number of aliphatic hydroxyl groups excluding tert-OH is 2. The van der Waals surface area contributed by atoms with Crippen LogP contribution in [0.4, 0.5) is 13.6 Å². The van der Waals surface area contributed by atoms with Crippen LogP contribution in [0.2, 0.25) is 25.7 Å². The average Bonchev–Trinajstić information content (AvgIpc) is 3.42. The number of amides is 1. The van der Waals surface area contributed by atoms with Crippen molar-refractivity contribution in [3.63, 3.8) is 0 Å². The molecule has 1 heterocycles. The van der Waals surface area contributed by atoms with Crippen molar-refractivity contribution in [2.75, 3.05) is 33.2 Å². The molecule has 12 heteroatoms. The molecule has 33 heavy (non-hydrogen) atoms. The molecule has 0 spiro atoms. The smallest absolute Gasteiger partial charge is 0.415 e. The van der Waals surface area contributed by atoms with Gasteiger partial charge in [0.15, 0.2) is 5.17 Å². The number of amidine groups is 1. The molecule has 1 aliphatic heterocycles. The number of carboxylic acid groups (broad SMARTS) is 1. The van der Waals surface area contributed by atoms with Gasteiger partial charge < -0.3 is 20.1 Å². The van der Waals surface area contributed by atoms with Crippen LogP contribution >= 0.6 is 27.7 Å². The lowest BCUT2D eigenvalue weighted by Gasteiger charge is -2.37. The van der Waals surface area contributed by atoms with E-state index >= 15 is 0 Å². The number of alkyl halides is 1. The van der Waals surface area contributed by atoms with Gasteiger partial charge in [0.25, 0.3) is 0 Å². The highest BCUT2D eigenvalue weighted by atomic mass is 79.9. The Morgan fingerprint density at radius 3 is 2.61 bits per heavy atom. The maximum atomic E-state index is 14.9. The summed E-state index contributed by atoms with van der Waals surface area (Å²) in [7, 11) is -1.40. The first-order valence-electron chi connectivity index (χ1n) is 10.6. The van der Waals surface area contributed by atoms with Crippen molar-refractivity contribution in [1.29, 1.82) is 0 Å². The number of benzene rings is 1. The molecular formula is C21H29BrF2N2O5SSi. The van der Waals surface area contributed by atoms with E-state index in [1.165, 1.54) is 18.2 Å². The van der Waals surface area contributed by atoms with Crippen LogP contribution < -0.4 is 0 Å². The number of fused-ring (bicyclic) bond motifs is 1. The SMILES string of the molecule is C[Si](C)(C)CCOCN(C(=O)O)C1=N[C@](CF)(c2cc(Br)ccc2F)[C@@H]2C(CO)[C@]2(CO)S1. The number of hydrogen-bond donors (Lipinski definition) is 3. The molecule has 0 bridgehead atoms. The minimum atomic E-state index is -1.80. The van der Waals surface area contributed by atoms with E-state index in [9.17, 15) is 28.9 Å². The van der Waals surface area contributed by atoms with E-state index in [1.807, 2.05) is 0 Å². The van der Waals surface area contributed by atoms with Crippen molar-refractivity contribution in [3.8, 4) is 0 Å². The molecule has 0 saturated heterocycles. The quantitative estimate of drug-likeness (QED) is 0.236. The molecule has 3 rings (SSSR count). The number of nitrogens with zero attached hydrogens (tertiary/aromatic N) is 2. The Hall–Kier alpha value is -1.05. The molecule has 1 unspecified atom stereocenters. The van der Waals surface area contributed by atoms with Crippen molar-refractivity contribution in [2.45, 2.75) is 36.0 Å². The first-order valence-corrected chi connectivity index (χ1v) is 15.9. The Morgan fingerprint density at radius 2 is 2.06 bits per heavy atom. The van der Waals surface area contributed by atoms with Gasteiger partial charge in [0, 0.05) is 43.2 Å². The molecule has 0 radical (unpaired) electrons. The van der Waals surface area contributed by atoms with Crippen LogP contribution in [0.3, 0.4) is 0 Å². The number of ether oxygens (including phenoxy) is 1. The zero-order valence-corrected chi connectivity index (χ0v) is 22.1. The predicted octanol–water partition coefficient (Wildman–Crippen LogP) is 4.12. The van der Waals surface area contributed by atoms with Gasteiger partial charge >= 0.3 is 6.09 Å². The number of hydrogen-bond acceptors (Lipinski definition) is 6. The minimum absolute atomic E-state index is 0.0547. The number of aliphatic hydroxyl groups is 2. The van der Waals surface area contributed by atoms with Gasteiger partial charge in [-0.25, -0.2) is 23.5 Å². The van der Waals surface area contributed by atoms with Gasteiger partial charge in [0.05, 0.1) is 11.4 Å². The molecular weight excluding hydrogens is 538 g/mol. The summed E-state index contributed by atoms with van der Waals surface area (Å²) in [6.45, 7) is 4.58. The minimum Gasteiger partial charge on any atom is -0.465 e. The molecule has 1 amide bonds. The molecule has 1 aromatic carbocycles. The third-order valence-electron chi connectivity index (χ3n) is 6.26. The molecule has 2 aliphatic rings. The van der Waals surface area contributed by atoms with Crippen LogP contribution in [-0.4, -0.2) is 77.5 Å². The van der Waals surface area contributed by atoms with Crippen molar-refractivity contribution >= 4 is 47.0 Å². The van der Waals surface area contributed by atoms with Crippen LogP contribution in [0.5, 0.6) is 0 Å². The van der Waals surface area contributed by atoms with Gasteiger partial charge in [0.2, 0.25) is 0 Å². The molecule has 7 nitrogen and oxygen atoms in total. The van der Waals surface area contributed by atoms with Crippen LogP contribution in [0.15, 0.2) is 27.7 Å². The topological polar surface area (TPSA) is 103 Å². The predicted molar refractivity (Wildman–Crippen MR) is 129 cm³/mol. The number of rotatable bonds is 9. The fourth-order valence-electron chi connectivity index (χ4n) is 4.39. The average molecular weight is 568 g/mol. The maximum absolute atomic E-state index is 14.9. The summed E-state index contributed by atoms with van der Waals surface area (Å²) in [5, 5.41) is 30.0. The van der Waals surface area contributed by atoms with E-state index in [-0.39, 0.29) is 24.1 Å². The summed E-state index contributed by atoms with van der Waals surface area (Å²) in [5.41, 5.74) is -1.85. The molecule has 184 valence electrons. The Morgan fingerprint density at radius 1 is 1.36 bits per heavy atom. The Kier molecular flexibility index (Phi) is 7.97. The molecule has 1 fully saturated rings. The zero-order chi connectivity index (χ0) is 24.6. The number of aliphatic imine (C=N–C) groups is 1. The second-order valence-corrected chi connectivity index (χ2v) is 17.5. The number of halogens is 3. The van der Waals surface area contributed by atoms with Gasteiger partial charge in [-0.2, -0.15) is 0 Å². The van der Waals surface area contributed by atoms with Crippen LogP contribution in [0, 0.1) is 17.7 Å². The maximum Gasteiger partial charge on any atom is 0.415 e. The Labute approximate surface area is 205 Å². The summed E-state index contributed by atoms with van der Waals surface area (Å²) in [6.07, 6.45) is -1.36. The van der Waals surface area contributed by atoms with Gasteiger partial charge in [0.1, 0.15) is 24.8 Å². The zero-order valence-electron chi connectivity index (χ0n) is 18.7. The standard InChI is InChI=1S/C21H29BrF2N2O5SSi/c1-33(2,3)7-6-31-12-26(19(29)30)18-25-20(10-23,14-8-13(22)4-5-16(14)24)17-15(9-27)21(17,11-28)32-18/h4-5,8,15,17,27-28H,6-7,9-12H2,1-3H3,(H,29,30)/t15?,17-,20+,21-/m0/s1. The highest BCUT2D eigenvalue weighted by Crippen LogP contribution is 2.70. The third-order valence-corrected chi connectivity index (χ3v) is 10.0. The van der Waals surface area contributed by atoms with Crippen molar-refractivity contribution in [3.05, 3.63) is 34.1 Å². The highest BCUT2D eigenvalue weighted by Gasteiger charge is 2.75. The first kappa shape index (κ1) is 26.5. The number of carbonyl (C=O) groups is 1. The van der Waals surface area contributed by atoms with E-state index in [0.29, 0.717) is 11.1 Å². The lowest BCUT2D eigenvalue weighted by molar-refractivity contribution is 0.0698. The molecule has 1 saturated carbocycles. The summed E-state index contributed by atoms with van der Waals surface area (Å²) in [4.78, 5) is 17.4. The normalized spacial score (nSPS) is 28.8.